The molecule has 0 saturated heterocycles. The molecule has 0 atom stereocenters. The Morgan fingerprint density at radius 3 is 1.75 bits per heavy atom. The molecule has 94 valence electrons. The summed E-state index contributed by atoms with van der Waals surface area (Å²) in [5, 5.41) is 0. The first kappa shape index (κ1) is 14.9. The third-order valence-corrected chi connectivity index (χ3v) is 1.93. The van der Waals surface area contributed by atoms with Crippen LogP contribution in [0.15, 0.2) is 0 Å². The molecule has 0 fully saturated rings. The molecular weight excluding hydrogens is 208 g/mol. The van der Waals surface area contributed by atoms with E-state index in [4.69, 9.17) is 9.47 Å². The summed E-state index contributed by atoms with van der Waals surface area (Å²) in [6, 6.07) is 0. The van der Waals surface area contributed by atoms with Crippen LogP contribution in [-0.2, 0) is 19.1 Å². The van der Waals surface area contributed by atoms with Gasteiger partial charge in [-0.15, -0.1) is 0 Å². The van der Waals surface area contributed by atoms with Crippen LogP contribution in [-0.4, -0.2) is 25.2 Å². The molecule has 0 unspecified atom stereocenters. The Morgan fingerprint density at radius 1 is 0.938 bits per heavy atom. The first-order chi connectivity index (χ1) is 7.11. The second kappa shape index (κ2) is 5.32. The summed E-state index contributed by atoms with van der Waals surface area (Å²) < 4.78 is 9.92. The fraction of sp³-hybridized carbons (Fsp3) is 0.833. The van der Waals surface area contributed by atoms with E-state index in [2.05, 4.69) is 0 Å². The first-order valence-corrected chi connectivity index (χ1v) is 5.45. The lowest BCUT2D eigenvalue weighted by Crippen LogP contribution is -2.37. The topological polar surface area (TPSA) is 52.6 Å². The molecule has 0 aromatic rings. The van der Waals surface area contributed by atoms with Gasteiger partial charge in [0.1, 0.15) is 0 Å². The molecule has 0 aromatic heterocycles. The Morgan fingerprint density at radius 2 is 1.38 bits per heavy atom. The summed E-state index contributed by atoms with van der Waals surface area (Å²) in [5.74, 6) is -1.09. The van der Waals surface area contributed by atoms with Crippen molar-refractivity contribution in [2.75, 3.05) is 13.2 Å². The van der Waals surface area contributed by atoms with Crippen molar-refractivity contribution in [3.63, 3.8) is 0 Å². The Labute approximate surface area is 97.3 Å². The van der Waals surface area contributed by atoms with Crippen LogP contribution in [0.5, 0.6) is 0 Å². The van der Waals surface area contributed by atoms with Gasteiger partial charge in [0.25, 0.3) is 0 Å². The summed E-state index contributed by atoms with van der Waals surface area (Å²) in [6.07, 6.45) is 0. The molecule has 0 saturated carbocycles. The number of hydrogen-bond donors (Lipinski definition) is 0. The highest BCUT2D eigenvalue weighted by molar-refractivity contribution is 5.99. The van der Waals surface area contributed by atoms with Crippen molar-refractivity contribution in [1.29, 1.82) is 0 Å². The van der Waals surface area contributed by atoms with Crippen LogP contribution >= 0.6 is 0 Å². The quantitative estimate of drug-likeness (QED) is 0.548. The fourth-order valence-electron chi connectivity index (χ4n) is 0.857. The maximum absolute atomic E-state index is 11.7. The van der Waals surface area contributed by atoms with Crippen LogP contribution in [0.3, 0.4) is 0 Å². The molecule has 0 amide bonds. The van der Waals surface area contributed by atoms with Gasteiger partial charge in [0.15, 0.2) is 5.41 Å². The molecule has 0 spiro atoms. The highest BCUT2D eigenvalue weighted by Crippen LogP contribution is 2.22. The third-order valence-electron chi connectivity index (χ3n) is 1.93. The van der Waals surface area contributed by atoms with E-state index in [0.29, 0.717) is 0 Å². The molecule has 4 nitrogen and oxygen atoms in total. The lowest BCUT2D eigenvalue weighted by molar-refractivity contribution is -0.171. The van der Waals surface area contributed by atoms with Crippen LogP contribution in [0.2, 0.25) is 0 Å². The molecule has 0 radical (unpaired) electrons. The van der Waals surface area contributed by atoms with Crippen LogP contribution < -0.4 is 0 Å². The summed E-state index contributed by atoms with van der Waals surface area (Å²) in [4.78, 5) is 23.2. The Bertz CT molecular complexity index is 261. The van der Waals surface area contributed by atoms with Crippen molar-refractivity contribution in [3.8, 4) is 0 Å². The van der Waals surface area contributed by atoms with Crippen molar-refractivity contribution >= 4 is 11.9 Å². The molecule has 0 N–H and O–H groups in total. The molecular formula is C12H22O4. The van der Waals surface area contributed by atoms with Gasteiger partial charge in [0, 0.05) is 0 Å². The highest BCUT2D eigenvalue weighted by atomic mass is 16.6. The van der Waals surface area contributed by atoms with E-state index >= 15 is 0 Å². The number of carbonyl (C=O) groups excluding carboxylic acids is 2. The zero-order valence-electron chi connectivity index (χ0n) is 11.0. The van der Waals surface area contributed by atoms with Gasteiger partial charge in [-0.2, -0.15) is 0 Å². The number of ether oxygens (including phenoxy) is 2. The highest BCUT2D eigenvalue weighted by Gasteiger charge is 2.39. The van der Waals surface area contributed by atoms with E-state index in [1.54, 1.807) is 6.92 Å². The van der Waals surface area contributed by atoms with E-state index in [-0.39, 0.29) is 18.6 Å². The number of hydrogen-bond acceptors (Lipinski definition) is 4. The van der Waals surface area contributed by atoms with E-state index in [0.717, 1.165) is 0 Å². The number of rotatable bonds is 4. The standard InChI is InChI=1S/C12H22O4/c1-7-15-9(13)12(5,6)10(14)16-8-11(2,3)4/h7-8H2,1-6H3. The van der Waals surface area contributed by atoms with Gasteiger partial charge in [0.05, 0.1) is 13.2 Å². The summed E-state index contributed by atoms with van der Waals surface area (Å²) >= 11 is 0. The normalized spacial score (nSPS) is 12.1. The second-order valence-corrected chi connectivity index (χ2v) is 5.48. The van der Waals surface area contributed by atoms with Crippen molar-refractivity contribution in [2.45, 2.75) is 41.5 Å². The van der Waals surface area contributed by atoms with Crippen molar-refractivity contribution in [2.24, 2.45) is 10.8 Å². The minimum Gasteiger partial charge on any atom is -0.465 e. The van der Waals surface area contributed by atoms with Crippen LogP contribution in [0.4, 0.5) is 0 Å². The molecule has 0 aliphatic rings. The number of carbonyl (C=O) groups is 2. The van der Waals surface area contributed by atoms with E-state index < -0.39 is 17.4 Å². The molecule has 0 aromatic carbocycles. The van der Waals surface area contributed by atoms with Crippen LogP contribution in [0.1, 0.15) is 41.5 Å². The van der Waals surface area contributed by atoms with Gasteiger partial charge in [-0.1, -0.05) is 20.8 Å². The van der Waals surface area contributed by atoms with Crippen LogP contribution in [0.25, 0.3) is 0 Å². The predicted octanol–water partition coefficient (Wildman–Crippen LogP) is 2.17. The number of esters is 2. The monoisotopic (exact) mass is 230 g/mol. The van der Waals surface area contributed by atoms with Crippen molar-refractivity contribution in [3.05, 3.63) is 0 Å². The summed E-state index contributed by atoms with van der Waals surface area (Å²) in [7, 11) is 0. The maximum Gasteiger partial charge on any atom is 0.322 e. The Balaban J connectivity index is 4.41. The third kappa shape index (κ3) is 4.64. The van der Waals surface area contributed by atoms with Crippen LogP contribution in [0, 0.1) is 10.8 Å². The van der Waals surface area contributed by atoms with Crippen molar-refractivity contribution < 1.29 is 19.1 Å². The van der Waals surface area contributed by atoms with E-state index in [1.807, 2.05) is 20.8 Å². The second-order valence-electron chi connectivity index (χ2n) is 5.48. The molecule has 4 heteroatoms. The smallest absolute Gasteiger partial charge is 0.322 e. The van der Waals surface area contributed by atoms with E-state index in [1.165, 1.54) is 13.8 Å². The van der Waals surface area contributed by atoms with Gasteiger partial charge in [-0.3, -0.25) is 9.59 Å². The molecule has 0 bridgehead atoms. The minimum atomic E-state index is -1.23. The Hall–Kier alpha value is -1.06. The van der Waals surface area contributed by atoms with Gasteiger partial charge < -0.3 is 9.47 Å². The molecule has 0 rings (SSSR count). The lowest BCUT2D eigenvalue weighted by atomic mass is 9.93. The summed E-state index contributed by atoms with van der Waals surface area (Å²) in [5.41, 5.74) is -1.35. The Kier molecular flexibility index (Phi) is 4.97. The van der Waals surface area contributed by atoms with Crippen molar-refractivity contribution in [1.82, 2.24) is 0 Å². The average Bonchev–Trinajstić information content (AvgIpc) is 2.13. The molecule has 0 aliphatic heterocycles. The van der Waals surface area contributed by atoms with Gasteiger partial charge >= 0.3 is 11.9 Å². The largest absolute Gasteiger partial charge is 0.465 e. The SMILES string of the molecule is CCOC(=O)C(C)(C)C(=O)OCC(C)(C)C. The molecule has 0 aliphatic carbocycles. The zero-order chi connectivity index (χ0) is 13.0. The fourth-order valence-corrected chi connectivity index (χ4v) is 0.857. The van der Waals surface area contributed by atoms with Gasteiger partial charge in [0.2, 0.25) is 0 Å². The first-order valence-electron chi connectivity index (χ1n) is 5.45. The van der Waals surface area contributed by atoms with E-state index in [9.17, 15) is 9.59 Å². The zero-order valence-corrected chi connectivity index (χ0v) is 11.0. The minimum absolute atomic E-state index is 0.111. The molecule has 16 heavy (non-hydrogen) atoms. The predicted molar refractivity (Wildman–Crippen MR) is 60.8 cm³/mol. The maximum atomic E-state index is 11.7. The molecule has 0 heterocycles. The lowest BCUT2D eigenvalue weighted by Gasteiger charge is -2.24. The summed E-state index contributed by atoms with van der Waals surface area (Å²) in [6.45, 7) is 11.1. The van der Waals surface area contributed by atoms with Gasteiger partial charge in [-0.25, -0.2) is 0 Å². The average molecular weight is 230 g/mol. The van der Waals surface area contributed by atoms with Gasteiger partial charge in [-0.05, 0) is 26.2 Å².